The molecule has 1 aromatic carbocycles. The average Bonchev–Trinajstić information content (AvgIpc) is 2.27. The van der Waals surface area contributed by atoms with Crippen LogP contribution < -0.4 is 4.74 Å². The van der Waals surface area contributed by atoms with Crippen molar-refractivity contribution in [1.29, 1.82) is 0 Å². The summed E-state index contributed by atoms with van der Waals surface area (Å²) in [5.41, 5.74) is 0.868. The maximum Gasteiger partial charge on any atom is 0.269 e. The first-order chi connectivity index (χ1) is 7.95. The lowest BCUT2D eigenvalue weighted by atomic mass is 9.99. The summed E-state index contributed by atoms with van der Waals surface area (Å²) < 4.78 is 5.63. The predicted octanol–water partition coefficient (Wildman–Crippen LogP) is 3.67. The van der Waals surface area contributed by atoms with Gasteiger partial charge in [-0.15, -0.1) is 6.58 Å². The Morgan fingerprint density at radius 2 is 2.06 bits per heavy atom. The first kappa shape index (κ1) is 13.2. The first-order valence-electron chi connectivity index (χ1n) is 5.53. The minimum Gasteiger partial charge on any atom is -0.491 e. The van der Waals surface area contributed by atoms with Crippen LogP contribution in [-0.4, -0.2) is 11.0 Å². The molecule has 1 unspecified atom stereocenters. The Bertz CT molecular complexity index is 427. The lowest BCUT2D eigenvalue weighted by Crippen LogP contribution is -2.08. The van der Waals surface area contributed by atoms with Gasteiger partial charge in [0.15, 0.2) is 0 Å². The van der Waals surface area contributed by atoms with E-state index in [1.165, 1.54) is 6.07 Å². The van der Waals surface area contributed by atoms with Crippen molar-refractivity contribution in [2.45, 2.75) is 32.8 Å². The van der Waals surface area contributed by atoms with Crippen LogP contribution in [0.25, 0.3) is 0 Å². The third-order valence-corrected chi connectivity index (χ3v) is 2.41. The van der Waals surface area contributed by atoms with Crippen LogP contribution in [0.15, 0.2) is 30.9 Å². The molecule has 17 heavy (non-hydrogen) atoms. The molecule has 0 heterocycles. The minimum absolute atomic E-state index is 0.0173. The SMILES string of the molecule is C=CC(C)c1cc([N+](=O)[O-])ccc1OC(C)C. The number of nitrogens with zero attached hydrogens (tertiary/aromatic N) is 1. The molecule has 4 heteroatoms. The molecule has 0 saturated heterocycles. The van der Waals surface area contributed by atoms with E-state index in [0.29, 0.717) is 5.75 Å². The van der Waals surface area contributed by atoms with Crippen LogP contribution in [0.3, 0.4) is 0 Å². The van der Waals surface area contributed by atoms with Gasteiger partial charge in [-0.1, -0.05) is 13.0 Å². The van der Waals surface area contributed by atoms with Crippen LogP contribution >= 0.6 is 0 Å². The lowest BCUT2D eigenvalue weighted by Gasteiger charge is -2.16. The third kappa shape index (κ3) is 3.31. The van der Waals surface area contributed by atoms with Gasteiger partial charge in [-0.05, 0) is 19.9 Å². The quantitative estimate of drug-likeness (QED) is 0.444. The van der Waals surface area contributed by atoms with E-state index < -0.39 is 4.92 Å². The molecule has 0 saturated carbocycles. The van der Waals surface area contributed by atoms with Crippen LogP contribution in [0.1, 0.15) is 32.3 Å². The maximum absolute atomic E-state index is 10.7. The molecule has 4 nitrogen and oxygen atoms in total. The Kier molecular flexibility index (Phi) is 4.26. The summed E-state index contributed by atoms with van der Waals surface area (Å²) in [5.74, 6) is 0.696. The molecule has 1 aromatic rings. The number of non-ortho nitro benzene ring substituents is 1. The van der Waals surface area contributed by atoms with Crippen molar-refractivity contribution >= 4 is 5.69 Å². The number of nitro groups is 1. The van der Waals surface area contributed by atoms with Gasteiger partial charge in [0, 0.05) is 23.6 Å². The van der Waals surface area contributed by atoms with Crippen molar-refractivity contribution in [3.8, 4) is 5.75 Å². The zero-order chi connectivity index (χ0) is 13.0. The third-order valence-electron chi connectivity index (χ3n) is 2.41. The van der Waals surface area contributed by atoms with E-state index >= 15 is 0 Å². The molecular weight excluding hydrogens is 218 g/mol. The topological polar surface area (TPSA) is 52.4 Å². The van der Waals surface area contributed by atoms with E-state index in [-0.39, 0.29) is 17.7 Å². The largest absolute Gasteiger partial charge is 0.491 e. The normalized spacial score (nSPS) is 12.2. The van der Waals surface area contributed by atoms with Gasteiger partial charge in [0.05, 0.1) is 11.0 Å². The molecule has 1 rings (SSSR count). The van der Waals surface area contributed by atoms with E-state index in [1.54, 1.807) is 18.2 Å². The van der Waals surface area contributed by atoms with Crippen LogP contribution in [0.4, 0.5) is 5.69 Å². The van der Waals surface area contributed by atoms with Crippen molar-refractivity contribution in [2.75, 3.05) is 0 Å². The Balaban J connectivity index is 3.20. The van der Waals surface area contributed by atoms with Crippen LogP contribution in [0, 0.1) is 10.1 Å². The fourth-order valence-electron chi connectivity index (χ4n) is 1.49. The molecule has 92 valence electrons. The number of allylic oxidation sites excluding steroid dienone is 1. The van der Waals surface area contributed by atoms with E-state index in [4.69, 9.17) is 4.74 Å². The van der Waals surface area contributed by atoms with Gasteiger partial charge in [0.1, 0.15) is 5.75 Å². The van der Waals surface area contributed by atoms with Crippen LogP contribution in [0.2, 0.25) is 0 Å². The summed E-state index contributed by atoms with van der Waals surface area (Å²) >= 11 is 0. The summed E-state index contributed by atoms with van der Waals surface area (Å²) in [6, 6.07) is 4.65. The Labute approximate surface area is 101 Å². The summed E-state index contributed by atoms with van der Waals surface area (Å²) in [5, 5.41) is 10.7. The molecule has 0 N–H and O–H groups in total. The molecule has 0 bridgehead atoms. The Morgan fingerprint density at radius 3 is 2.53 bits per heavy atom. The molecule has 0 radical (unpaired) electrons. The highest BCUT2D eigenvalue weighted by molar-refractivity contribution is 5.46. The van der Waals surface area contributed by atoms with Gasteiger partial charge in [-0.2, -0.15) is 0 Å². The van der Waals surface area contributed by atoms with Gasteiger partial charge in [-0.25, -0.2) is 0 Å². The summed E-state index contributed by atoms with van der Waals surface area (Å²) in [6.45, 7) is 9.48. The molecule has 1 atom stereocenters. The number of ether oxygens (including phenoxy) is 1. The second-order valence-corrected chi connectivity index (χ2v) is 4.17. The van der Waals surface area contributed by atoms with Gasteiger partial charge in [0.2, 0.25) is 0 Å². The molecule has 0 aliphatic carbocycles. The monoisotopic (exact) mass is 235 g/mol. The highest BCUT2D eigenvalue weighted by Gasteiger charge is 2.15. The number of hydrogen-bond acceptors (Lipinski definition) is 3. The van der Waals surface area contributed by atoms with Crippen LogP contribution in [0.5, 0.6) is 5.75 Å². The van der Waals surface area contributed by atoms with Crippen molar-refractivity contribution in [1.82, 2.24) is 0 Å². The number of rotatable bonds is 5. The zero-order valence-electron chi connectivity index (χ0n) is 10.3. The van der Waals surface area contributed by atoms with E-state index in [2.05, 4.69) is 6.58 Å². The minimum atomic E-state index is -0.404. The standard InChI is InChI=1S/C13H17NO3/c1-5-10(4)12-8-11(14(15)16)6-7-13(12)17-9(2)3/h5-10H,1H2,2-4H3. The van der Waals surface area contributed by atoms with E-state index in [0.717, 1.165) is 5.56 Å². The fraction of sp³-hybridized carbons (Fsp3) is 0.385. The molecule has 0 fully saturated rings. The van der Waals surface area contributed by atoms with Gasteiger partial charge < -0.3 is 4.74 Å². The number of nitro benzene ring substituents is 1. The smallest absolute Gasteiger partial charge is 0.269 e. The Morgan fingerprint density at radius 1 is 1.41 bits per heavy atom. The molecule has 0 aromatic heterocycles. The molecule has 0 spiro atoms. The average molecular weight is 235 g/mol. The van der Waals surface area contributed by atoms with Gasteiger partial charge >= 0.3 is 0 Å². The lowest BCUT2D eigenvalue weighted by molar-refractivity contribution is -0.384. The first-order valence-corrected chi connectivity index (χ1v) is 5.53. The predicted molar refractivity (Wildman–Crippen MR) is 67.5 cm³/mol. The summed E-state index contributed by atoms with van der Waals surface area (Å²) in [4.78, 5) is 10.3. The van der Waals surface area contributed by atoms with E-state index in [9.17, 15) is 10.1 Å². The molecule has 0 amide bonds. The van der Waals surface area contributed by atoms with Crippen molar-refractivity contribution in [2.24, 2.45) is 0 Å². The highest BCUT2D eigenvalue weighted by Crippen LogP contribution is 2.31. The molecule has 0 aliphatic rings. The Hall–Kier alpha value is -1.84. The second kappa shape index (κ2) is 5.48. The van der Waals surface area contributed by atoms with Crippen molar-refractivity contribution in [3.63, 3.8) is 0 Å². The molecule has 0 aliphatic heterocycles. The zero-order valence-corrected chi connectivity index (χ0v) is 10.3. The van der Waals surface area contributed by atoms with Crippen LogP contribution in [-0.2, 0) is 0 Å². The van der Waals surface area contributed by atoms with E-state index in [1.807, 2.05) is 20.8 Å². The summed E-state index contributed by atoms with van der Waals surface area (Å²) in [6.07, 6.45) is 1.78. The summed E-state index contributed by atoms with van der Waals surface area (Å²) in [7, 11) is 0. The maximum atomic E-state index is 10.7. The molecular formula is C13H17NO3. The number of benzene rings is 1. The fourth-order valence-corrected chi connectivity index (χ4v) is 1.49. The van der Waals surface area contributed by atoms with Crippen molar-refractivity contribution < 1.29 is 9.66 Å². The van der Waals surface area contributed by atoms with Gasteiger partial charge in [-0.3, -0.25) is 10.1 Å². The second-order valence-electron chi connectivity index (χ2n) is 4.17. The number of hydrogen-bond donors (Lipinski definition) is 0. The van der Waals surface area contributed by atoms with Crippen molar-refractivity contribution in [3.05, 3.63) is 46.5 Å². The van der Waals surface area contributed by atoms with Gasteiger partial charge in [0.25, 0.3) is 5.69 Å². The highest BCUT2D eigenvalue weighted by atomic mass is 16.6.